The van der Waals surface area contributed by atoms with Gasteiger partial charge in [0.25, 0.3) is 0 Å². The van der Waals surface area contributed by atoms with Crippen LogP contribution in [0, 0.1) is 6.92 Å². The lowest BCUT2D eigenvalue weighted by atomic mass is 10.1. The van der Waals surface area contributed by atoms with Crippen LogP contribution in [0.4, 0.5) is 0 Å². The van der Waals surface area contributed by atoms with Crippen molar-refractivity contribution in [2.45, 2.75) is 27.0 Å². The third kappa shape index (κ3) is 3.19. The molecule has 5 nitrogen and oxygen atoms in total. The van der Waals surface area contributed by atoms with Crippen molar-refractivity contribution in [3.05, 3.63) is 45.7 Å². The van der Waals surface area contributed by atoms with Gasteiger partial charge in [-0.15, -0.1) is 0 Å². The number of benzene rings is 1. The molecule has 0 saturated heterocycles. The number of carboxylic acids is 1. The van der Waals surface area contributed by atoms with Crippen molar-refractivity contribution >= 4 is 21.9 Å². The summed E-state index contributed by atoms with van der Waals surface area (Å²) in [7, 11) is 0. The summed E-state index contributed by atoms with van der Waals surface area (Å²) in [4.78, 5) is 11.3. The van der Waals surface area contributed by atoms with E-state index in [1.54, 1.807) is 16.9 Å². The fraction of sp³-hybridized carbons (Fsp3) is 0.286. The number of ether oxygens (including phenoxy) is 1. The summed E-state index contributed by atoms with van der Waals surface area (Å²) < 4.78 is 8.19. The Kier molecular flexibility index (Phi) is 4.44. The van der Waals surface area contributed by atoms with Crippen LogP contribution in [0.1, 0.15) is 28.4 Å². The molecule has 0 bridgehead atoms. The van der Waals surface area contributed by atoms with E-state index in [0.717, 1.165) is 22.1 Å². The Morgan fingerprint density at radius 1 is 1.50 bits per heavy atom. The van der Waals surface area contributed by atoms with E-state index in [-0.39, 0.29) is 5.56 Å². The van der Waals surface area contributed by atoms with Crippen molar-refractivity contribution in [2.24, 2.45) is 0 Å². The Balaban J connectivity index is 2.22. The van der Waals surface area contributed by atoms with Gasteiger partial charge >= 0.3 is 5.97 Å². The average molecular weight is 339 g/mol. The second kappa shape index (κ2) is 6.09. The molecule has 106 valence electrons. The molecule has 0 aliphatic heterocycles. The number of aromatic carboxylic acids is 1. The minimum absolute atomic E-state index is 0.153. The van der Waals surface area contributed by atoms with Crippen LogP contribution in [-0.4, -0.2) is 20.9 Å². The van der Waals surface area contributed by atoms with E-state index in [0.29, 0.717) is 12.4 Å². The minimum Gasteiger partial charge on any atom is -0.488 e. The number of halogens is 1. The number of aromatic nitrogens is 2. The maximum atomic E-state index is 11.3. The zero-order valence-electron chi connectivity index (χ0n) is 11.3. The van der Waals surface area contributed by atoms with Crippen molar-refractivity contribution in [2.75, 3.05) is 0 Å². The van der Waals surface area contributed by atoms with Gasteiger partial charge in [-0.2, -0.15) is 5.10 Å². The van der Waals surface area contributed by atoms with Crippen molar-refractivity contribution in [1.82, 2.24) is 9.78 Å². The SMILES string of the molecule is CCn1cc(COc2c(C)cc(Br)cc2C(=O)O)cn1. The fourth-order valence-electron chi connectivity index (χ4n) is 1.89. The quantitative estimate of drug-likeness (QED) is 0.908. The van der Waals surface area contributed by atoms with Crippen LogP contribution in [-0.2, 0) is 13.2 Å². The van der Waals surface area contributed by atoms with Gasteiger partial charge in [0, 0.05) is 22.8 Å². The lowest BCUT2D eigenvalue weighted by Crippen LogP contribution is -2.05. The molecule has 0 atom stereocenters. The molecule has 0 aliphatic carbocycles. The number of nitrogens with zero attached hydrogens (tertiary/aromatic N) is 2. The highest BCUT2D eigenvalue weighted by molar-refractivity contribution is 9.10. The molecule has 0 spiro atoms. The van der Waals surface area contributed by atoms with Crippen molar-refractivity contribution < 1.29 is 14.6 Å². The third-order valence-electron chi connectivity index (χ3n) is 2.86. The zero-order valence-corrected chi connectivity index (χ0v) is 12.8. The molecule has 2 aromatic rings. The monoisotopic (exact) mass is 338 g/mol. The van der Waals surface area contributed by atoms with Crippen LogP contribution in [0.3, 0.4) is 0 Å². The van der Waals surface area contributed by atoms with Crippen LogP contribution < -0.4 is 4.74 Å². The van der Waals surface area contributed by atoms with Gasteiger partial charge in [-0.05, 0) is 31.5 Å². The molecule has 6 heteroatoms. The molecule has 0 amide bonds. The average Bonchev–Trinajstić information content (AvgIpc) is 2.84. The second-order valence-corrected chi connectivity index (χ2v) is 5.31. The topological polar surface area (TPSA) is 64.3 Å². The number of hydrogen-bond acceptors (Lipinski definition) is 3. The first-order valence-electron chi connectivity index (χ1n) is 6.18. The van der Waals surface area contributed by atoms with Gasteiger partial charge in [-0.25, -0.2) is 4.79 Å². The van der Waals surface area contributed by atoms with Crippen molar-refractivity contribution in [3.63, 3.8) is 0 Å². The normalized spacial score (nSPS) is 10.6. The van der Waals surface area contributed by atoms with Gasteiger partial charge < -0.3 is 9.84 Å². The fourth-order valence-corrected chi connectivity index (χ4v) is 2.46. The van der Waals surface area contributed by atoms with Gasteiger partial charge in [-0.3, -0.25) is 4.68 Å². The van der Waals surface area contributed by atoms with E-state index in [1.807, 2.05) is 26.1 Å². The van der Waals surface area contributed by atoms with E-state index in [9.17, 15) is 9.90 Å². The molecule has 20 heavy (non-hydrogen) atoms. The molecule has 0 fully saturated rings. The van der Waals surface area contributed by atoms with Crippen molar-refractivity contribution in [1.29, 1.82) is 0 Å². The third-order valence-corrected chi connectivity index (χ3v) is 3.32. The number of hydrogen-bond donors (Lipinski definition) is 1. The lowest BCUT2D eigenvalue weighted by molar-refractivity contribution is 0.0691. The predicted molar refractivity (Wildman–Crippen MR) is 78.1 cm³/mol. The standard InChI is InChI=1S/C14H15BrN2O3/c1-3-17-7-10(6-16-17)8-20-13-9(2)4-11(15)5-12(13)14(18)19/h4-7H,3,8H2,1-2H3,(H,18,19). The first-order valence-corrected chi connectivity index (χ1v) is 6.98. The van der Waals surface area contributed by atoms with Gasteiger partial charge in [0.05, 0.1) is 6.20 Å². The largest absolute Gasteiger partial charge is 0.488 e. The predicted octanol–water partition coefficient (Wildman–Crippen LogP) is 3.25. The molecule has 1 aromatic carbocycles. The van der Waals surface area contributed by atoms with Crippen LogP contribution in [0.2, 0.25) is 0 Å². The molecular formula is C14H15BrN2O3. The Morgan fingerprint density at radius 3 is 2.85 bits per heavy atom. The molecule has 1 aromatic heterocycles. The number of carboxylic acid groups (broad SMARTS) is 1. The molecule has 0 aliphatic rings. The van der Waals surface area contributed by atoms with Gasteiger partial charge in [0.2, 0.25) is 0 Å². The first-order chi connectivity index (χ1) is 9.51. The highest BCUT2D eigenvalue weighted by Crippen LogP contribution is 2.28. The Labute approximate surface area is 125 Å². The van der Waals surface area contributed by atoms with Crippen LogP contribution in [0.15, 0.2) is 29.0 Å². The van der Waals surface area contributed by atoms with Gasteiger partial charge in [-0.1, -0.05) is 15.9 Å². The molecule has 0 radical (unpaired) electrons. The summed E-state index contributed by atoms with van der Waals surface area (Å²) in [6.45, 7) is 4.90. The lowest BCUT2D eigenvalue weighted by Gasteiger charge is -2.12. The summed E-state index contributed by atoms with van der Waals surface area (Å²) in [5.74, 6) is -0.612. The molecule has 0 saturated carbocycles. The Bertz CT molecular complexity index is 637. The number of aryl methyl sites for hydroxylation is 2. The Hall–Kier alpha value is -1.82. The molecule has 1 N–H and O–H groups in total. The van der Waals surface area contributed by atoms with Crippen LogP contribution in [0.5, 0.6) is 5.75 Å². The van der Waals surface area contributed by atoms with E-state index in [4.69, 9.17) is 4.74 Å². The van der Waals surface area contributed by atoms with Gasteiger partial charge in [0.1, 0.15) is 17.9 Å². The van der Waals surface area contributed by atoms with Gasteiger partial charge in [0.15, 0.2) is 0 Å². The van der Waals surface area contributed by atoms with Crippen LogP contribution >= 0.6 is 15.9 Å². The van der Waals surface area contributed by atoms with Crippen LogP contribution in [0.25, 0.3) is 0 Å². The summed E-state index contributed by atoms with van der Waals surface area (Å²) in [5.41, 5.74) is 1.84. The number of rotatable bonds is 5. The molecular weight excluding hydrogens is 324 g/mol. The smallest absolute Gasteiger partial charge is 0.339 e. The Morgan fingerprint density at radius 2 is 2.25 bits per heavy atom. The summed E-state index contributed by atoms with van der Waals surface area (Å²) >= 11 is 3.29. The maximum absolute atomic E-state index is 11.3. The van der Waals surface area contributed by atoms with E-state index in [2.05, 4.69) is 21.0 Å². The van der Waals surface area contributed by atoms with E-state index < -0.39 is 5.97 Å². The number of carbonyl (C=O) groups is 1. The molecule has 0 unspecified atom stereocenters. The highest BCUT2D eigenvalue weighted by atomic mass is 79.9. The van der Waals surface area contributed by atoms with E-state index >= 15 is 0 Å². The summed E-state index contributed by atoms with van der Waals surface area (Å²) in [5, 5.41) is 13.4. The van der Waals surface area contributed by atoms with E-state index in [1.165, 1.54) is 0 Å². The first kappa shape index (κ1) is 14.6. The second-order valence-electron chi connectivity index (χ2n) is 4.40. The highest BCUT2D eigenvalue weighted by Gasteiger charge is 2.15. The molecule has 2 rings (SSSR count). The summed E-state index contributed by atoms with van der Waals surface area (Å²) in [6.07, 6.45) is 3.60. The zero-order chi connectivity index (χ0) is 14.7. The van der Waals surface area contributed by atoms with Crippen molar-refractivity contribution in [3.8, 4) is 5.75 Å². The summed E-state index contributed by atoms with van der Waals surface area (Å²) in [6, 6.07) is 3.37. The minimum atomic E-state index is -1.01. The molecule has 1 heterocycles. The maximum Gasteiger partial charge on any atom is 0.339 e.